The van der Waals surface area contributed by atoms with Crippen molar-refractivity contribution in [3.05, 3.63) is 82.1 Å². The van der Waals surface area contributed by atoms with Gasteiger partial charge in [0.2, 0.25) is 0 Å². The van der Waals surface area contributed by atoms with E-state index >= 15 is 0 Å². The standard InChI is InChI=1S/C26H23ClN2O2/c27-19-6-4-5-18(13-19)22-15-24-23(25(30)16-26(31)28-24)14-21(22)17-7-9-20(10-8-17)29-11-2-1-3-12-29/h4-10,13-16H,1-3,11-12H2,(H2,28,30,31). The molecule has 3 aromatic carbocycles. The van der Waals surface area contributed by atoms with Crippen molar-refractivity contribution in [1.82, 2.24) is 4.98 Å². The van der Waals surface area contributed by atoms with E-state index in [1.54, 1.807) is 0 Å². The molecule has 1 aliphatic heterocycles. The van der Waals surface area contributed by atoms with Crippen LogP contribution in [0.3, 0.4) is 0 Å². The normalized spacial score (nSPS) is 14.2. The topological polar surface area (TPSA) is 56.3 Å². The van der Waals surface area contributed by atoms with E-state index < -0.39 is 0 Å². The van der Waals surface area contributed by atoms with Crippen LogP contribution in [0.4, 0.5) is 5.69 Å². The molecule has 0 unspecified atom stereocenters. The summed E-state index contributed by atoms with van der Waals surface area (Å²) in [4.78, 5) is 17.2. The Morgan fingerprint density at radius 1 is 0.839 bits per heavy atom. The maximum atomic E-state index is 11.9. The van der Waals surface area contributed by atoms with Gasteiger partial charge in [0.15, 0.2) is 0 Å². The van der Waals surface area contributed by atoms with Gasteiger partial charge in [0, 0.05) is 35.3 Å². The van der Waals surface area contributed by atoms with Crippen LogP contribution in [0.2, 0.25) is 5.02 Å². The summed E-state index contributed by atoms with van der Waals surface area (Å²) in [5.41, 5.74) is 5.41. The number of aromatic amines is 1. The molecule has 4 nitrogen and oxygen atoms in total. The lowest BCUT2D eigenvalue weighted by Crippen LogP contribution is -2.29. The molecule has 1 aromatic heterocycles. The number of pyridine rings is 1. The summed E-state index contributed by atoms with van der Waals surface area (Å²) in [7, 11) is 0. The highest BCUT2D eigenvalue weighted by Crippen LogP contribution is 2.38. The summed E-state index contributed by atoms with van der Waals surface area (Å²) in [5.74, 6) is -0.0254. The van der Waals surface area contributed by atoms with Crippen molar-refractivity contribution in [3.63, 3.8) is 0 Å². The van der Waals surface area contributed by atoms with Gasteiger partial charge < -0.3 is 15.0 Å². The number of rotatable bonds is 3. The number of aromatic hydroxyl groups is 1. The lowest BCUT2D eigenvalue weighted by atomic mass is 9.92. The maximum absolute atomic E-state index is 11.9. The first-order valence-electron chi connectivity index (χ1n) is 10.6. The third-order valence-electron chi connectivity index (χ3n) is 5.99. The Balaban J connectivity index is 1.67. The Morgan fingerprint density at radius 3 is 2.32 bits per heavy atom. The molecule has 0 spiro atoms. The Morgan fingerprint density at radius 2 is 1.58 bits per heavy atom. The van der Waals surface area contributed by atoms with Crippen LogP contribution < -0.4 is 10.5 Å². The van der Waals surface area contributed by atoms with Gasteiger partial charge in [0.25, 0.3) is 5.56 Å². The van der Waals surface area contributed by atoms with Crippen molar-refractivity contribution in [3.8, 4) is 28.0 Å². The minimum atomic E-state index is -0.333. The van der Waals surface area contributed by atoms with Gasteiger partial charge in [-0.3, -0.25) is 4.79 Å². The first kappa shape index (κ1) is 19.7. The van der Waals surface area contributed by atoms with Crippen LogP contribution in [-0.4, -0.2) is 23.2 Å². The summed E-state index contributed by atoms with van der Waals surface area (Å²) in [6.45, 7) is 2.20. The van der Waals surface area contributed by atoms with Gasteiger partial charge in [-0.1, -0.05) is 35.9 Å². The second-order valence-corrected chi connectivity index (χ2v) is 8.50. The average Bonchev–Trinajstić information content (AvgIpc) is 2.79. The van der Waals surface area contributed by atoms with Crippen molar-refractivity contribution in [1.29, 1.82) is 0 Å². The molecule has 1 fully saturated rings. The third-order valence-corrected chi connectivity index (χ3v) is 6.23. The van der Waals surface area contributed by atoms with Crippen molar-refractivity contribution in [2.75, 3.05) is 18.0 Å². The van der Waals surface area contributed by atoms with Gasteiger partial charge in [-0.15, -0.1) is 0 Å². The van der Waals surface area contributed by atoms with E-state index in [2.05, 4.69) is 34.1 Å². The highest BCUT2D eigenvalue weighted by molar-refractivity contribution is 6.30. The molecular weight excluding hydrogens is 408 g/mol. The minimum absolute atomic E-state index is 0.0254. The molecule has 0 atom stereocenters. The van der Waals surface area contributed by atoms with E-state index in [-0.39, 0.29) is 11.3 Å². The summed E-state index contributed by atoms with van der Waals surface area (Å²) in [6.07, 6.45) is 3.78. The molecule has 0 aliphatic carbocycles. The molecule has 31 heavy (non-hydrogen) atoms. The number of piperidine rings is 1. The second-order valence-electron chi connectivity index (χ2n) is 8.07. The highest BCUT2D eigenvalue weighted by atomic mass is 35.5. The lowest BCUT2D eigenvalue weighted by molar-refractivity contribution is 0.480. The summed E-state index contributed by atoms with van der Waals surface area (Å²) in [5, 5.41) is 11.7. The zero-order chi connectivity index (χ0) is 21.4. The van der Waals surface area contributed by atoms with Crippen LogP contribution in [0, 0.1) is 0 Å². The van der Waals surface area contributed by atoms with Gasteiger partial charge in [0.05, 0.1) is 5.52 Å². The van der Waals surface area contributed by atoms with Crippen LogP contribution in [-0.2, 0) is 0 Å². The number of H-pyrrole nitrogens is 1. The number of aromatic nitrogens is 1. The van der Waals surface area contributed by atoms with Crippen molar-refractivity contribution in [2.45, 2.75) is 19.3 Å². The number of hydrogen-bond acceptors (Lipinski definition) is 3. The lowest BCUT2D eigenvalue weighted by Gasteiger charge is -2.29. The summed E-state index contributed by atoms with van der Waals surface area (Å²) in [6, 6.07) is 21.3. The Labute approximate surface area is 185 Å². The van der Waals surface area contributed by atoms with E-state index in [0.29, 0.717) is 15.9 Å². The van der Waals surface area contributed by atoms with Crippen LogP contribution in [0.5, 0.6) is 5.75 Å². The van der Waals surface area contributed by atoms with Crippen LogP contribution in [0.25, 0.3) is 33.2 Å². The molecule has 4 aromatic rings. The predicted molar refractivity (Wildman–Crippen MR) is 128 cm³/mol. The number of halogens is 1. The van der Waals surface area contributed by atoms with Gasteiger partial charge >= 0.3 is 0 Å². The van der Waals surface area contributed by atoms with E-state index in [1.165, 1.54) is 31.0 Å². The van der Waals surface area contributed by atoms with E-state index in [1.807, 2.05) is 36.4 Å². The highest BCUT2D eigenvalue weighted by Gasteiger charge is 2.15. The molecule has 0 radical (unpaired) electrons. The fraction of sp³-hybridized carbons (Fsp3) is 0.192. The fourth-order valence-corrected chi connectivity index (χ4v) is 4.61. The number of nitrogens with zero attached hydrogens (tertiary/aromatic N) is 1. The average molecular weight is 431 g/mol. The SMILES string of the molecule is O=c1cc(O)c2cc(-c3ccc(N4CCCCC4)cc3)c(-c3cccc(Cl)c3)cc2[nH]1. The van der Waals surface area contributed by atoms with E-state index in [9.17, 15) is 9.90 Å². The minimum Gasteiger partial charge on any atom is -0.507 e. The number of nitrogens with one attached hydrogen (secondary N) is 1. The van der Waals surface area contributed by atoms with E-state index in [4.69, 9.17) is 11.6 Å². The zero-order valence-corrected chi connectivity index (χ0v) is 17.8. The molecular formula is C26H23ClN2O2. The zero-order valence-electron chi connectivity index (χ0n) is 17.1. The predicted octanol–water partition coefficient (Wildman–Crippen LogP) is 6.21. The van der Waals surface area contributed by atoms with Gasteiger partial charge in [0.1, 0.15) is 5.75 Å². The van der Waals surface area contributed by atoms with Crippen molar-refractivity contribution < 1.29 is 5.11 Å². The second kappa shape index (κ2) is 8.12. The molecule has 2 heterocycles. The molecule has 1 saturated heterocycles. The Hall–Kier alpha value is -3.24. The molecule has 0 bridgehead atoms. The first-order chi connectivity index (χ1) is 15.1. The largest absolute Gasteiger partial charge is 0.507 e. The first-order valence-corrected chi connectivity index (χ1v) is 11.0. The van der Waals surface area contributed by atoms with Crippen LogP contribution in [0.1, 0.15) is 19.3 Å². The molecule has 1 aliphatic rings. The number of fused-ring (bicyclic) bond motifs is 1. The Bertz CT molecular complexity index is 1310. The number of anilines is 1. The smallest absolute Gasteiger partial charge is 0.252 e. The third kappa shape index (κ3) is 3.91. The molecule has 2 N–H and O–H groups in total. The van der Waals surface area contributed by atoms with Gasteiger partial charge in [-0.25, -0.2) is 0 Å². The molecule has 5 heteroatoms. The number of hydrogen-bond donors (Lipinski definition) is 2. The van der Waals surface area contributed by atoms with Gasteiger partial charge in [-0.05, 0) is 77.9 Å². The monoisotopic (exact) mass is 430 g/mol. The molecule has 5 rings (SSSR count). The van der Waals surface area contributed by atoms with Crippen LogP contribution in [0.15, 0.2) is 71.5 Å². The maximum Gasteiger partial charge on any atom is 0.252 e. The fourth-order valence-electron chi connectivity index (χ4n) is 4.42. The molecule has 0 amide bonds. The molecule has 156 valence electrons. The van der Waals surface area contributed by atoms with Crippen LogP contribution >= 0.6 is 11.6 Å². The quantitative estimate of drug-likeness (QED) is 0.406. The van der Waals surface area contributed by atoms with Crippen molar-refractivity contribution in [2.24, 2.45) is 0 Å². The van der Waals surface area contributed by atoms with Crippen molar-refractivity contribution >= 4 is 28.2 Å². The number of benzene rings is 3. The van der Waals surface area contributed by atoms with E-state index in [0.717, 1.165) is 35.3 Å². The van der Waals surface area contributed by atoms with Gasteiger partial charge in [-0.2, -0.15) is 0 Å². The Kier molecular flexibility index (Phi) is 5.16. The summed E-state index contributed by atoms with van der Waals surface area (Å²) < 4.78 is 0. The molecule has 0 saturated carbocycles. The summed E-state index contributed by atoms with van der Waals surface area (Å²) >= 11 is 6.27.